The number of nitrogens with two attached hydrogens (primary N) is 1. The summed E-state index contributed by atoms with van der Waals surface area (Å²) >= 11 is 0. The molecule has 1 rings (SSSR count). The lowest BCUT2D eigenvalue weighted by Gasteiger charge is -2.19. The zero-order valence-electron chi connectivity index (χ0n) is 32.3. The molecule has 0 spiro atoms. The number of carbonyl (C=O) groups is 1. The number of ether oxygens (including phenoxy) is 3. The molecule has 1 saturated heterocycles. The molecule has 0 aromatic rings. The second-order valence-corrected chi connectivity index (χ2v) is 15.1. The fourth-order valence-corrected chi connectivity index (χ4v) is 6.35. The maximum absolute atomic E-state index is 12.5. The third-order valence-electron chi connectivity index (χ3n) is 8.72. The molecular weight excluding hydrogens is 665 g/mol. The Kier molecular flexibility index (Phi) is 31.6. The van der Waals surface area contributed by atoms with Crippen LogP contribution in [0.15, 0.2) is 48.8 Å². The van der Waals surface area contributed by atoms with Gasteiger partial charge in [0.2, 0.25) is 0 Å². The van der Waals surface area contributed by atoms with E-state index in [4.69, 9.17) is 29.0 Å². The van der Waals surface area contributed by atoms with Gasteiger partial charge in [-0.3, -0.25) is 13.8 Å². The van der Waals surface area contributed by atoms with E-state index in [0.717, 1.165) is 38.5 Å². The van der Waals surface area contributed by atoms with E-state index >= 15 is 0 Å². The van der Waals surface area contributed by atoms with E-state index in [0.29, 0.717) is 18.6 Å². The summed E-state index contributed by atoms with van der Waals surface area (Å²) in [6.45, 7) is 4.12. The average Bonchev–Trinajstić information content (AvgIpc) is 3.87. The number of rotatable bonds is 37. The maximum atomic E-state index is 12.5. The molecule has 0 aliphatic carbocycles. The van der Waals surface area contributed by atoms with E-state index in [1.54, 1.807) is 6.26 Å². The first kappa shape index (κ1) is 47.3. The summed E-state index contributed by atoms with van der Waals surface area (Å²) in [7, 11) is -4.31. The van der Waals surface area contributed by atoms with Gasteiger partial charge in [0.25, 0.3) is 0 Å². The van der Waals surface area contributed by atoms with Crippen LogP contribution in [-0.4, -0.2) is 55.5 Å². The zero-order valence-corrected chi connectivity index (χ0v) is 33.2. The number of carbonyl (C=O) groups excluding carboxylic acids is 1. The number of allylic oxidation sites excluding steroid dienone is 5. The minimum absolute atomic E-state index is 0.00615. The van der Waals surface area contributed by atoms with Crippen molar-refractivity contribution in [2.24, 2.45) is 5.73 Å². The average molecular weight is 740 g/mol. The molecule has 0 saturated carbocycles. The predicted octanol–water partition coefficient (Wildman–Crippen LogP) is 11.0. The summed E-state index contributed by atoms with van der Waals surface area (Å²) in [6.07, 6.45) is 42.5. The fourth-order valence-electron chi connectivity index (χ4n) is 5.58. The van der Waals surface area contributed by atoms with Crippen LogP contribution < -0.4 is 5.73 Å². The molecule has 1 aliphatic heterocycles. The smallest absolute Gasteiger partial charge is 0.472 e. The van der Waals surface area contributed by atoms with E-state index in [2.05, 4.69) is 50.3 Å². The summed E-state index contributed by atoms with van der Waals surface area (Å²) in [5.41, 5.74) is 5.35. The molecule has 3 N–H and O–H groups in total. The van der Waals surface area contributed by atoms with Crippen LogP contribution in [-0.2, 0) is 32.6 Å². The van der Waals surface area contributed by atoms with Crippen molar-refractivity contribution in [1.82, 2.24) is 0 Å². The Balaban J connectivity index is 2.22. The summed E-state index contributed by atoms with van der Waals surface area (Å²) in [6, 6.07) is 0. The SMILES string of the molecule is CCCCC/C=C\CC1OC1C/C=C\C/C=C\CCCC(=O)O[C@H](CO/C=C/CCCCCCCCCCCCCC)COP(=O)(O)OCCN. The Labute approximate surface area is 311 Å². The first-order chi connectivity index (χ1) is 24.9. The molecule has 51 heavy (non-hydrogen) atoms. The van der Waals surface area contributed by atoms with Crippen LogP contribution in [0.1, 0.15) is 162 Å². The van der Waals surface area contributed by atoms with Crippen molar-refractivity contribution < 1.29 is 37.5 Å². The quantitative estimate of drug-likeness (QED) is 0.0160. The Morgan fingerprint density at radius 3 is 1.90 bits per heavy atom. The molecule has 1 aliphatic rings. The van der Waals surface area contributed by atoms with Crippen molar-refractivity contribution in [3.8, 4) is 0 Å². The third-order valence-corrected chi connectivity index (χ3v) is 9.70. The minimum Gasteiger partial charge on any atom is -0.498 e. The van der Waals surface area contributed by atoms with Gasteiger partial charge >= 0.3 is 13.8 Å². The van der Waals surface area contributed by atoms with Gasteiger partial charge in [0, 0.05) is 13.0 Å². The highest BCUT2D eigenvalue weighted by Crippen LogP contribution is 2.43. The van der Waals surface area contributed by atoms with Crippen molar-refractivity contribution >= 4 is 13.8 Å². The van der Waals surface area contributed by atoms with Crippen molar-refractivity contribution in [2.45, 2.75) is 180 Å². The van der Waals surface area contributed by atoms with Crippen molar-refractivity contribution in [2.75, 3.05) is 26.4 Å². The van der Waals surface area contributed by atoms with Gasteiger partial charge in [0.1, 0.15) is 6.61 Å². The Morgan fingerprint density at radius 2 is 1.24 bits per heavy atom. The highest BCUT2D eigenvalue weighted by atomic mass is 31.2. The first-order valence-corrected chi connectivity index (χ1v) is 21.8. The van der Waals surface area contributed by atoms with Crippen LogP contribution in [0.4, 0.5) is 0 Å². The number of phosphoric acid groups is 1. The van der Waals surface area contributed by atoms with Crippen molar-refractivity contribution in [3.05, 3.63) is 48.8 Å². The van der Waals surface area contributed by atoms with E-state index in [1.165, 1.54) is 96.3 Å². The van der Waals surface area contributed by atoms with Gasteiger partial charge < -0.3 is 24.8 Å². The van der Waals surface area contributed by atoms with Gasteiger partial charge in [0.05, 0.1) is 31.7 Å². The standard InChI is InChI=1S/C41H74NO8P/c1-3-5-7-9-11-12-13-14-15-16-17-21-25-29-34-46-36-38(37-48-51(44,45)47-35-33-42)49-41(43)32-28-24-20-18-19-23-27-31-40-39(50-40)30-26-22-10-8-6-4-2/h18,20,22-23,26-27,29,34,38-40H,3-17,19,21,24-25,28,30-33,35-37,42H2,1-2H3,(H,44,45)/b20-18-,26-22-,27-23-,34-29+/t38-,39?,40?/m1/s1. The number of hydrogen-bond acceptors (Lipinski definition) is 8. The Hall–Kier alpha value is -1.74. The Bertz CT molecular complexity index is 985. The molecule has 3 unspecified atom stereocenters. The Morgan fingerprint density at radius 1 is 0.706 bits per heavy atom. The number of epoxide rings is 1. The molecule has 9 nitrogen and oxygen atoms in total. The van der Waals surface area contributed by atoms with Gasteiger partial charge in [0.15, 0.2) is 6.10 Å². The second-order valence-electron chi connectivity index (χ2n) is 13.6. The number of esters is 1. The van der Waals surface area contributed by atoms with E-state index in [-0.39, 0.29) is 32.8 Å². The van der Waals surface area contributed by atoms with Crippen LogP contribution in [0.25, 0.3) is 0 Å². The lowest BCUT2D eigenvalue weighted by Crippen LogP contribution is -2.27. The predicted molar refractivity (Wildman–Crippen MR) is 209 cm³/mol. The van der Waals surface area contributed by atoms with Crippen LogP contribution in [0.5, 0.6) is 0 Å². The zero-order chi connectivity index (χ0) is 37.1. The van der Waals surface area contributed by atoms with Crippen molar-refractivity contribution in [1.29, 1.82) is 0 Å². The van der Waals surface area contributed by atoms with E-state index in [9.17, 15) is 14.3 Å². The highest BCUT2D eigenvalue weighted by Gasteiger charge is 2.36. The molecule has 0 aromatic carbocycles. The molecular formula is C41H74NO8P. The first-order valence-electron chi connectivity index (χ1n) is 20.3. The summed E-state index contributed by atoms with van der Waals surface area (Å²) in [4.78, 5) is 22.4. The lowest BCUT2D eigenvalue weighted by atomic mass is 10.0. The fraction of sp³-hybridized carbons (Fsp3) is 0.780. The number of unbranched alkanes of at least 4 members (excludes halogenated alkanes) is 16. The topological polar surface area (TPSA) is 130 Å². The van der Waals surface area contributed by atoms with Gasteiger partial charge in [-0.2, -0.15) is 0 Å². The van der Waals surface area contributed by atoms with Crippen LogP contribution in [0.2, 0.25) is 0 Å². The van der Waals surface area contributed by atoms with Crippen molar-refractivity contribution in [3.63, 3.8) is 0 Å². The second kappa shape index (κ2) is 34.1. The van der Waals surface area contributed by atoms with Gasteiger partial charge in [-0.1, -0.05) is 134 Å². The molecule has 0 amide bonds. The monoisotopic (exact) mass is 740 g/mol. The minimum atomic E-state index is -4.31. The molecule has 1 heterocycles. The molecule has 296 valence electrons. The van der Waals surface area contributed by atoms with Gasteiger partial charge in [-0.15, -0.1) is 0 Å². The number of phosphoric ester groups is 1. The summed E-state index contributed by atoms with van der Waals surface area (Å²) in [5, 5.41) is 0. The van der Waals surface area contributed by atoms with Crippen LogP contribution in [0, 0.1) is 0 Å². The number of hydrogen-bond donors (Lipinski definition) is 2. The van der Waals surface area contributed by atoms with Crippen LogP contribution in [0.3, 0.4) is 0 Å². The summed E-state index contributed by atoms with van der Waals surface area (Å²) in [5.74, 6) is -0.411. The molecule has 0 aromatic heterocycles. The molecule has 1 fully saturated rings. The van der Waals surface area contributed by atoms with Crippen LogP contribution >= 0.6 is 7.82 Å². The third kappa shape index (κ3) is 31.5. The van der Waals surface area contributed by atoms with E-state index in [1.807, 2.05) is 6.08 Å². The highest BCUT2D eigenvalue weighted by molar-refractivity contribution is 7.47. The molecule has 0 radical (unpaired) electrons. The normalized spacial score (nSPS) is 18.0. The lowest BCUT2D eigenvalue weighted by molar-refractivity contribution is -0.153. The van der Waals surface area contributed by atoms with Gasteiger partial charge in [-0.05, 0) is 63.9 Å². The molecule has 4 atom stereocenters. The summed E-state index contributed by atoms with van der Waals surface area (Å²) < 4.78 is 38.8. The van der Waals surface area contributed by atoms with E-state index < -0.39 is 19.9 Å². The largest absolute Gasteiger partial charge is 0.498 e. The molecule has 0 bridgehead atoms. The molecule has 10 heteroatoms. The maximum Gasteiger partial charge on any atom is 0.472 e. The van der Waals surface area contributed by atoms with Gasteiger partial charge in [-0.25, -0.2) is 4.57 Å².